The van der Waals surface area contributed by atoms with Crippen molar-refractivity contribution in [1.29, 1.82) is 0 Å². The third-order valence-electron chi connectivity index (χ3n) is 1.84. The molecule has 1 heterocycles. The van der Waals surface area contributed by atoms with Gasteiger partial charge in [-0.15, -0.1) is 0 Å². The van der Waals surface area contributed by atoms with Gasteiger partial charge in [-0.1, -0.05) is 19.4 Å². The molecule has 0 saturated heterocycles. The molecule has 0 amide bonds. The smallest absolute Gasteiger partial charge is 0.0361 e. The lowest BCUT2D eigenvalue weighted by atomic mass is 10.1. The molecule has 0 radical (unpaired) electrons. The summed E-state index contributed by atoms with van der Waals surface area (Å²) in [6.45, 7) is 10.3. The van der Waals surface area contributed by atoms with Crippen LogP contribution in [0.2, 0.25) is 0 Å². The van der Waals surface area contributed by atoms with Crippen molar-refractivity contribution in [3.05, 3.63) is 11.3 Å². The Hall–Kier alpha value is -0.590. The second kappa shape index (κ2) is 5.11. The van der Waals surface area contributed by atoms with Crippen LogP contribution in [0, 0.1) is 0 Å². The van der Waals surface area contributed by atoms with Crippen LogP contribution in [0.25, 0.3) is 0 Å². The molecule has 0 aromatic carbocycles. The molecule has 11 heavy (non-hydrogen) atoms. The van der Waals surface area contributed by atoms with Crippen molar-refractivity contribution in [3.8, 4) is 0 Å². The Bertz CT molecular complexity index is 175. The summed E-state index contributed by atoms with van der Waals surface area (Å²) in [5.41, 5.74) is 3.94. The molecule has 0 saturated carbocycles. The van der Waals surface area contributed by atoms with Crippen LogP contribution in [-0.4, -0.2) is 5.71 Å². The van der Waals surface area contributed by atoms with Crippen molar-refractivity contribution < 1.29 is 0 Å². The first kappa shape index (κ1) is 10.4. The lowest BCUT2D eigenvalue weighted by Gasteiger charge is -2.10. The normalized spacial score (nSPS) is 17.0. The summed E-state index contributed by atoms with van der Waals surface area (Å²) in [5.74, 6) is 0. The van der Waals surface area contributed by atoms with E-state index in [2.05, 4.69) is 25.8 Å². The second-order valence-corrected chi connectivity index (χ2v) is 2.71. The van der Waals surface area contributed by atoms with Gasteiger partial charge in [-0.3, -0.25) is 4.99 Å². The molecule has 1 rings (SSSR count). The highest BCUT2D eigenvalue weighted by Gasteiger charge is 2.03. The van der Waals surface area contributed by atoms with E-state index < -0.39 is 0 Å². The molecule has 1 nitrogen and oxygen atoms in total. The molecule has 0 unspecified atom stereocenters. The molecule has 1 aliphatic heterocycles. The molecule has 0 bridgehead atoms. The topological polar surface area (TPSA) is 12.4 Å². The van der Waals surface area contributed by atoms with E-state index in [1.807, 2.05) is 13.8 Å². The summed E-state index contributed by atoms with van der Waals surface area (Å²) in [6.07, 6.45) is 2.37. The highest BCUT2D eigenvalue weighted by molar-refractivity contribution is 5.84. The van der Waals surface area contributed by atoms with E-state index in [1.165, 1.54) is 23.4 Å². The zero-order chi connectivity index (χ0) is 8.85. The number of rotatable bonds is 0. The zero-order valence-corrected chi connectivity index (χ0v) is 8.36. The van der Waals surface area contributed by atoms with Crippen LogP contribution in [0.1, 0.15) is 47.5 Å². The Balaban J connectivity index is 0.000000461. The maximum absolute atomic E-state index is 4.36. The van der Waals surface area contributed by atoms with Gasteiger partial charge in [0.2, 0.25) is 0 Å². The van der Waals surface area contributed by atoms with Gasteiger partial charge in [-0.2, -0.15) is 0 Å². The summed E-state index contributed by atoms with van der Waals surface area (Å²) in [5, 5.41) is 0. The van der Waals surface area contributed by atoms with Gasteiger partial charge in [0.15, 0.2) is 0 Å². The molecular formula is C10H19N. The second-order valence-electron chi connectivity index (χ2n) is 2.71. The Morgan fingerprint density at radius 1 is 1.00 bits per heavy atom. The highest BCUT2D eigenvalue weighted by Crippen LogP contribution is 2.17. The van der Waals surface area contributed by atoms with Crippen molar-refractivity contribution >= 4 is 5.71 Å². The minimum atomic E-state index is 1.16. The van der Waals surface area contributed by atoms with E-state index in [0.717, 1.165) is 6.42 Å². The van der Waals surface area contributed by atoms with E-state index in [0.29, 0.717) is 0 Å². The Kier molecular flexibility index (Phi) is 4.84. The molecule has 1 aliphatic rings. The maximum Gasteiger partial charge on any atom is 0.0361 e. The predicted molar refractivity (Wildman–Crippen MR) is 52.1 cm³/mol. The minimum Gasteiger partial charge on any atom is -0.263 e. The largest absolute Gasteiger partial charge is 0.263 e. The molecule has 0 fully saturated rings. The lowest BCUT2D eigenvalue weighted by molar-refractivity contribution is 0.934. The van der Waals surface area contributed by atoms with E-state index in [9.17, 15) is 0 Å². The van der Waals surface area contributed by atoms with Gasteiger partial charge in [0, 0.05) is 11.4 Å². The fourth-order valence-corrected chi connectivity index (χ4v) is 0.987. The van der Waals surface area contributed by atoms with Crippen molar-refractivity contribution in [2.75, 3.05) is 0 Å². The molecule has 0 aromatic rings. The standard InChI is InChI=1S/C8H13N.C2H6/c1-6-4-5-7(2)9-8(6)3;1-2/h4-5H2,1-3H3;1-2H3. The molecule has 0 N–H and O–H groups in total. The molecule has 64 valence electrons. The van der Waals surface area contributed by atoms with E-state index in [1.54, 1.807) is 0 Å². The SMILES string of the molecule is CC.CC1=NC(C)=C(C)CC1. The van der Waals surface area contributed by atoms with E-state index >= 15 is 0 Å². The van der Waals surface area contributed by atoms with Gasteiger partial charge in [-0.25, -0.2) is 0 Å². The molecule has 0 aliphatic carbocycles. The first-order valence-corrected chi connectivity index (χ1v) is 4.40. The van der Waals surface area contributed by atoms with Gasteiger partial charge in [0.1, 0.15) is 0 Å². The summed E-state index contributed by atoms with van der Waals surface area (Å²) < 4.78 is 0. The summed E-state index contributed by atoms with van der Waals surface area (Å²) in [6, 6.07) is 0. The van der Waals surface area contributed by atoms with Gasteiger partial charge in [0.25, 0.3) is 0 Å². The number of aliphatic imine (C=N–C) groups is 1. The average molecular weight is 153 g/mol. The monoisotopic (exact) mass is 153 g/mol. The third-order valence-corrected chi connectivity index (χ3v) is 1.84. The third kappa shape index (κ3) is 3.35. The Morgan fingerprint density at radius 2 is 1.55 bits per heavy atom. The first-order valence-electron chi connectivity index (χ1n) is 4.40. The molecule has 0 aromatic heterocycles. The van der Waals surface area contributed by atoms with Gasteiger partial charge >= 0.3 is 0 Å². The number of allylic oxidation sites excluding steroid dienone is 2. The molecular weight excluding hydrogens is 134 g/mol. The average Bonchev–Trinajstić information content (AvgIpc) is 2.02. The first-order chi connectivity index (χ1) is 5.20. The zero-order valence-electron chi connectivity index (χ0n) is 8.36. The van der Waals surface area contributed by atoms with Gasteiger partial charge in [0.05, 0.1) is 0 Å². The Morgan fingerprint density at radius 3 is 1.91 bits per heavy atom. The van der Waals surface area contributed by atoms with E-state index in [4.69, 9.17) is 0 Å². The Labute approximate surface area is 70.2 Å². The summed E-state index contributed by atoms with van der Waals surface area (Å²) in [7, 11) is 0. The van der Waals surface area contributed by atoms with Crippen LogP contribution in [0.15, 0.2) is 16.3 Å². The van der Waals surface area contributed by atoms with Crippen LogP contribution < -0.4 is 0 Å². The number of nitrogens with zero attached hydrogens (tertiary/aromatic N) is 1. The van der Waals surface area contributed by atoms with Crippen molar-refractivity contribution in [2.45, 2.75) is 47.5 Å². The predicted octanol–water partition coefficient (Wildman–Crippen LogP) is 3.56. The van der Waals surface area contributed by atoms with Crippen LogP contribution >= 0.6 is 0 Å². The summed E-state index contributed by atoms with van der Waals surface area (Å²) in [4.78, 5) is 4.36. The fourth-order valence-electron chi connectivity index (χ4n) is 0.987. The van der Waals surface area contributed by atoms with Gasteiger partial charge < -0.3 is 0 Å². The molecule has 0 atom stereocenters. The van der Waals surface area contributed by atoms with Gasteiger partial charge in [-0.05, 0) is 33.6 Å². The number of hydrogen-bond acceptors (Lipinski definition) is 1. The van der Waals surface area contributed by atoms with Crippen LogP contribution in [-0.2, 0) is 0 Å². The molecule has 1 heteroatoms. The van der Waals surface area contributed by atoms with E-state index in [-0.39, 0.29) is 0 Å². The minimum absolute atomic E-state index is 1.16. The van der Waals surface area contributed by atoms with Crippen LogP contribution in [0.5, 0.6) is 0 Å². The lowest BCUT2D eigenvalue weighted by Crippen LogP contribution is -1.99. The van der Waals surface area contributed by atoms with Crippen LogP contribution in [0.4, 0.5) is 0 Å². The summed E-state index contributed by atoms with van der Waals surface area (Å²) >= 11 is 0. The van der Waals surface area contributed by atoms with Crippen LogP contribution in [0.3, 0.4) is 0 Å². The maximum atomic E-state index is 4.36. The van der Waals surface area contributed by atoms with Crippen molar-refractivity contribution in [2.24, 2.45) is 4.99 Å². The quantitative estimate of drug-likeness (QED) is 0.504. The number of hydrogen-bond donors (Lipinski definition) is 0. The molecule has 0 spiro atoms. The van der Waals surface area contributed by atoms with Crippen molar-refractivity contribution in [1.82, 2.24) is 0 Å². The van der Waals surface area contributed by atoms with Crippen molar-refractivity contribution in [3.63, 3.8) is 0 Å². The highest BCUT2D eigenvalue weighted by atomic mass is 14.8. The fraction of sp³-hybridized carbons (Fsp3) is 0.700.